The van der Waals surface area contributed by atoms with Crippen LogP contribution in [-0.2, 0) is 11.4 Å². The Bertz CT molecular complexity index is 1280. The number of carbonyl (C=O) groups excluding carboxylic acids is 1. The van der Waals surface area contributed by atoms with E-state index in [0.29, 0.717) is 34.2 Å². The van der Waals surface area contributed by atoms with Crippen LogP contribution in [0.15, 0.2) is 60.2 Å². The molecule has 0 saturated heterocycles. The molecule has 0 saturated carbocycles. The van der Waals surface area contributed by atoms with E-state index in [4.69, 9.17) is 42.1 Å². The van der Waals surface area contributed by atoms with Gasteiger partial charge in [0.05, 0.1) is 17.2 Å². The van der Waals surface area contributed by atoms with Crippen LogP contribution in [0.2, 0.25) is 10.0 Å². The molecule has 9 heteroatoms. The zero-order chi connectivity index (χ0) is 24.1. The smallest absolute Gasteiger partial charge is 0.266 e. The second-order valence-corrected chi connectivity index (χ2v) is 7.96. The molecule has 3 aromatic rings. The predicted octanol–water partition coefficient (Wildman–Crippen LogP) is 5.86. The van der Waals surface area contributed by atoms with Crippen LogP contribution in [0.5, 0.6) is 23.0 Å². The number of nitriles is 1. The van der Waals surface area contributed by atoms with Crippen LogP contribution in [0.3, 0.4) is 0 Å². The highest BCUT2D eigenvalue weighted by Gasteiger charge is 2.16. The number of rotatable bonds is 7. The fourth-order valence-corrected chi connectivity index (χ4v) is 3.79. The number of ether oxygens (including phenoxy) is 4. The standard InChI is InChI=1S/C25H18Cl2N2O5/c1-31-19-5-3-18(4-6-19)29-25(30)17(12-28)8-16-9-20(26)24(21(27)10-16)32-13-15-2-7-22-23(11-15)34-14-33-22/h2-11H,13-14H2,1H3,(H,29,30)/b17-8-. The van der Waals surface area contributed by atoms with Gasteiger partial charge < -0.3 is 24.3 Å². The van der Waals surface area contributed by atoms with Crippen molar-refractivity contribution in [2.24, 2.45) is 0 Å². The molecule has 0 spiro atoms. The van der Waals surface area contributed by atoms with Gasteiger partial charge in [-0.2, -0.15) is 5.26 Å². The van der Waals surface area contributed by atoms with Gasteiger partial charge in [0.25, 0.3) is 5.91 Å². The molecule has 1 aliphatic rings. The molecular formula is C25H18Cl2N2O5. The fourth-order valence-electron chi connectivity index (χ4n) is 3.17. The van der Waals surface area contributed by atoms with Gasteiger partial charge in [-0.3, -0.25) is 4.79 Å². The summed E-state index contributed by atoms with van der Waals surface area (Å²) in [7, 11) is 1.55. The number of benzene rings is 3. The zero-order valence-electron chi connectivity index (χ0n) is 17.9. The maximum Gasteiger partial charge on any atom is 0.266 e. The molecular weight excluding hydrogens is 479 g/mol. The highest BCUT2D eigenvalue weighted by atomic mass is 35.5. The average molecular weight is 497 g/mol. The first-order valence-electron chi connectivity index (χ1n) is 10.0. The second-order valence-electron chi connectivity index (χ2n) is 7.14. The summed E-state index contributed by atoms with van der Waals surface area (Å²) < 4.78 is 21.6. The summed E-state index contributed by atoms with van der Waals surface area (Å²) in [5.41, 5.74) is 1.74. The van der Waals surface area contributed by atoms with E-state index in [9.17, 15) is 10.1 Å². The summed E-state index contributed by atoms with van der Waals surface area (Å²) in [6.07, 6.45) is 1.40. The van der Waals surface area contributed by atoms with E-state index < -0.39 is 5.91 Å². The number of hydrogen-bond donors (Lipinski definition) is 1. The second kappa shape index (κ2) is 10.4. The van der Waals surface area contributed by atoms with E-state index in [1.165, 1.54) is 6.08 Å². The lowest BCUT2D eigenvalue weighted by atomic mass is 10.1. The number of methoxy groups -OCH3 is 1. The minimum Gasteiger partial charge on any atom is -0.497 e. The lowest BCUT2D eigenvalue weighted by Gasteiger charge is -2.12. The van der Waals surface area contributed by atoms with Gasteiger partial charge in [-0.05, 0) is 65.7 Å². The van der Waals surface area contributed by atoms with Gasteiger partial charge in [0.15, 0.2) is 17.2 Å². The molecule has 3 aromatic carbocycles. The molecule has 1 heterocycles. The average Bonchev–Trinajstić information content (AvgIpc) is 3.30. The third kappa shape index (κ3) is 5.37. The molecule has 7 nitrogen and oxygen atoms in total. The Hall–Kier alpha value is -3.86. The molecule has 0 unspecified atom stereocenters. The quantitative estimate of drug-likeness (QED) is 0.325. The SMILES string of the molecule is COc1ccc(NC(=O)/C(C#N)=C\c2cc(Cl)c(OCc3ccc4c(c3)OCO4)c(Cl)c2)cc1. The number of anilines is 1. The van der Waals surface area contributed by atoms with Crippen molar-refractivity contribution in [2.75, 3.05) is 19.2 Å². The van der Waals surface area contributed by atoms with Crippen molar-refractivity contribution in [3.63, 3.8) is 0 Å². The van der Waals surface area contributed by atoms with Crippen molar-refractivity contribution in [1.29, 1.82) is 5.26 Å². The first-order valence-corrected chi connectivity index (χ1v) is 10.8. The number of carbonyl (C=O) groups is 1. The molecule has 1 N–H and O–H groups in total. The Morgan fingerprint density at radius 1 is 1.09 bits per heavy atom. The molecule has 0 atom stereocenters. The van der Waals surface area contributed by atoms with Crippen molar-refractivity contribution in [3.05, 3.63) is 81.3 Å². The van der Waals surface area contributed by atoms with Gasteiger partial charge in [-0.25, -0.2) is 0 Å². The highest BCUT2D eigenvalue weighted by Crippen LogP contribution is 2.37. The Labute approximate surface area is 206 Å². The molecule has 0 bridgehead atoms. The molecule has 0 fully saturated rings. The highest BCUT2D eigenvalue weighted by molar-refractivity contribution is 6.37. The van der Waals surface area contributed by atoms with Crippen LogP contribution in [0.4, 0.5) is 5.69 Å². The molecule has 0 aromatic heterocycles. The van der Waals surface area contributed by atoms with Crippen molar-refractivity contribution in [3.8, 4) is 29.1 Å². The number of nitrogens with one attached hydrogen (secondary N) is 1. The molecule has 172 valence electrons. The minimum absolute atomic E-state index is 0.114. The first kappa shape index (κ1) is 23.3. The molecule has 34 heavy (non-hydrogen) atoms. The van der Waals surface area contributed by atoms with Gasteiger partial charge in [-0.1, -0.05) is 29.3 Å². The van der Waals surface area contributed by atoms with Gasteiger partial charge in [0, 0.05) is 5.69 Å². The summed E-state index contributed by atoms with van der Waals surface area (Å²) >= 11 is 12.8. The van der Waals surface area contributed by atoms with Crippen LogP contribution in [0.25, 0.3) is 6.08 Å². The van der Waals surface area contributed by atoms with Crippen molar-refractivity contribution < 1.29 is 23.7 Å². The molecule has 4 rings (SSSR count). The molecule has 1 aliphatic heterocycles. The van der Waals surface area contributed by atoms with E-state index >= 15 is 0 Å². The van der Waals surface area contributed by atoms with Gasteiger partial charge in [0.1, 0.15) is 24.0 Å². The van der Waals surface area contributed by atoms with Crippen LogP contribution in [0.1, 0.15) is 11.1 Å². The fraction of sp³-hybridized carbons (Fsp3) is 0.120. The van der Waals surface area contributed by atoms with Crippen molar-refractivity contribution in [1.82, 2.24) is 0 Å². The Balaban J connectivity index is 1.47. The summed E-state index contributed by atoms with van der Waals surface area (Å²) in [4.78, 5) is 12.5. The Morgan fingerprint density at radius 2 is 1.79 bits per heavy atom. The van der Waals surface area contributed by atoms with Crippen molar-refractivity contribution >= 4 is 40.9 Å². The monoisotopic (exact) mass is 496 g/mol. The number of nitrogens with zero attached hydrogens (tertiary/aromatic N) is 1. The first-order chi connectivity index (χ1) is 16.5. The van der Waals surface area contributed by atoms with E-state index in [1.54, 1.807) is 49.6 Å². The van der Waals surface area contributed by atoms with Gasteiger partial charge in [0.2, 0.25) is 6.79 Å². The van der Waals surface area contributed by atoms with Crippen LogP contribution < -0.4 is 24.3 Å². The maximum absolute atomic E-state index is 12.5. The number of halogens is 2. The van der Waals surface area contributed by atoms with Gasteiger partial charge in [-0.15, -0.1) is 0 Å². The van der Waals surface area contributed by atoms with Crippen LogP contribution in [-0.4, -0.2) is 19.8 Å². The normalized spacial score (nSPS) is 12.1. The van der Waals surface area contributed by atoms with Crippen LogP contribution >= 0.6 is 23.2 Å². The molecule has 0 aliphatic carbocycles. The Morgan fingerprint density at radius 3 is 2.47 bits per heavy atom. The lowest BCUT2D eigenvalue weighted by Crippen LogP contribution is -2.13. The number of hydrogen-bond acceptors (Lipinski definition) is 6. The Kier molecular flexibility index (Phi) is 7.12. The zero-order valence-corrected chi connectivity index (χ0v) is 19.4. The summed E-state index contributed by atoms with van der Waals surface area (Å²) in [5, 5.41) is 12.6. The summed E-state index contributed by atoms with van der Waals surface area (Å²) in [6.45, 7) is 0.397. The van der Waals surface area contributed by atoms with E-state index in [0.717, 1.165) is 5.56 Å². The number of amides is 1. The van der Waals surface area contributed by atoms with E-state index in [1.807, 2.05) is 18.2 Å². The largest absolute Gasteiger partial charge is 0.497 e. The molecule has 1 amide bonds. The summed E-state index contributed by atoms with van der Waals surface area (Å²) in [5.74, 6) is 1.71. The lowest BCUT2D eigenvalue weighted by molar-refractivity contribution is -0.112. The predicted molar refractivity (Wildman–Crippen MR) is 129 cm³/mol. The van der Waals surface area contributed by atoms with E-state index in [2.05, 4.69) is 5.32 Å². The van der Waals surface area contributed by atoms with Crippen molar-refractivity contribution in [2.45, 2.75) is 6.61 Å². The molecule has 0 radical (unpaired) electrons. The maximum atomic E-state index is 12.5. The summed E-state index contributed by atoms with van der Waals surface area (Å²) in [6, 6.07) is 17.3. The van der Waals surface area contributed by atoms with E-state index in [-0.39, 0.29) is 29.0 Å². The third-order valence-corrected chi connectivity index (χ3v) is 5.43. The minimum atomic E-state index is -0.567. The van der Waals surface area contributed by atoms with Gasteiger partial charge >= 0.3 is 0 Å². The van der Waals surface area contributed by atoms with Crippen LogP contribution in [0, 0.1) is 11.3 Å². The topological polar surface area (TPSA) is 89.8 Å². The third-order valence-electron chi connectivity index (χ3n) is 4.86. The number of fused-ring (bicyclic) bond motifs is 1.